The molecule has 2 rings (SSSR count). The molecule has 1 aromatic carbocycles. The summed E-state index contributed by atoms with van der Waals surface area (Å²) in [7, 11) is 1.43. The van der Waals surface area contributed by atoms with Crippen molar-refractivity contribution >= 4 is 11.8 Å². The zero-order valence-electron chi connectivity index (χ0n) is 10.5. The van der Waals surface area contributed by atoms with Gasteiger partial charge in [-0.2, -0.15) is 0 Å². The zero-order valence-corrected chi connectivity index (χ0v) is 10.5. The summed E-state index contributed by atoms with van der Waals surface area (Å²) < 4.78 is 26.2. The largest absolute Gasteiger partial charge is 0.302 e. The van der Waals surface area contributed by atoms with Crippen molar-refractivity contribution in [2.24, 2.45) is 0 Å². The highest BCUT2D eigenvalue weighted by Crippen LogP contribution is 2.14. The molecule has 6 heteroatoms. The lowest BCUT2D eigenvalue weighted by Crippen LogP contribution is -2.51. The molecule has 19 heavy (non-hydrogen) atoms. The van der Waals surface area contributed by atoms with Crippen LogP contribution < -0.4 is 5.32 Å². The van der Waals surface area contributed by atoms with Crippen LogP contribution in [0, 0.1) is 11.6 Å². The Labute approximate surface area is 109 Å². The first kappa shape index (κ1) is 13.6. The molecule has 1 heterocycles. The average molecular weight is 268 g/mol. The van der Waals surface area contributed by atoms with Gasteiger partial charge in [-0.3, -0.25) is 14.5 Å². The van der Waals surface area contributed by atoms with Crippen molar-refractivity contribution in [3.05, 3.63) is 35.4 Å². The maximum Gasteiger partial charge on any atom is 0.246 e. The molecule has 1 saturated heterocycles. The molecule has 1 aliphatic rings. The van der Waals surface area contributed by atoms with Crippen LogP contribution in [0.2, 0.25) is 0 Å². The van der Waals surface area contributed by atoms with Gasteiger partial charge in [-0.15, -0.1) is 0 Å². The Bertz CT molecular complexity index is 519. The summed E-state index contributed by atoms with van der Waals surface area (Å²) in [4.78, 5) is 24.1. The smallest absolute Gasteiger partial charge is 0.246 e. The van der Waals surface area contributed by atoms with E-state index in [1.54, 1.807) is 0 Å². The van der Waals surface area contributed by atoms with Gasteiger partial charge in [0.2, 0.25) is 11.8 Å². The van der Waals surface area contributed by atoms with Crippen molar-refractivity contribution in [1.29, 1.82) is 0 Å². The van der Waals surface area contributed by atoms with Crippen molar-refractivity contribution in [2.75, 3.05) is 7.05 Å². The average Bonchev–Trinajstić information content (AvgIpc) is 2.37. The van der Waals surface area contributed by atoms with E-state index in [4.69, 9.17) is 0 Å². The molecule has 1 unspecified atom stereocenters. The third kappa shape index (κ3) is 2.96. The van der Waals surface area contributed by atoms with Gasteiger partial charge in [-0.1, -0.05) is 6.07 Å². The highest BCUT2D eigenvalue weighted by molar-refractivity contribution is 6.00. The number of hydrogen-bond donors (Lipinski definition) is 1. The Balaban J connectivity index is 1.99. The quantitative estimate of drug-likeness (QED) is 0.838. The number of benzene rings is 1. The standard InChI is InChI=1S/C13H14F2N2O2/c1-17-12(18)5-4-11(13(17)19)16-7-8-2-3-9(14)6-10(8)15/h2-3,6,11,16H,4-5,7H2,1H3. The summed E-state index contributed by atoms with van der Waals surface area (Å²) in [6, 6.07) is 2.79. The van der Waals surface area contributed by atoms with Crippen LogP contribution in [-0.4, -0.2) is 29.8 Å². The van der Waals surface area contributed by atoms with E-state index in [0.29, 0.717) is 6.42 Å². The molecule has 1 N–H and O–H groups in total. The zero-order chi connectivity index (χ0) is 14.0. The van der Waals surface area contributed by atoms with E-state index in [2.05, 4.69) is 5.32 Å². The molecule has 1 atom stereocenters. The fourth-order valence-corrected chi connectivity index (χ4v) is 2.00. The lowest BCUT2D eigenvalue weighted by atomic mass is 10.0. The second kappa shape index (κ2) is 5.44. The van der Waals surface area contributed by atoms with Crippen LogP contribution in [0.4, 0.5) is 8.78 Å². The molecule has 1 fully saturated rings. The minimum atomic E-state index is -0.653. The lowest BCUT2D eigenvalue weighted by Gasteiger charge is -2.28. The number of nitrogens with zero attached hydrogens (tertiary/aromatic N) is 1. The Morgan fingerprint density at radius 3 is 2.79 bits per heavy atom. The van der Waals surface area contributed by atoms with Gasteiger partial charge < -0.3 is 5.32 Å². The molecular weight excluding hydrogens is 254 g/mol. The number of halogens is 2. The summed E-state index contributed by atoms with van der Waals surface area (Å²) >= 11 is 0. The molecule has 0 spiro atoms. The van der Waals surface area contributed by atoms with E-state index in [1.165, 1.54) is 19.2 Å². The van der Waals surface area contributed by atoms with Gasteiger partial charge in [-0.25, -0.2) is 8.78 Å². The van der Waals surface area contributed by atoms with Crippen molar-refractivity contribution in [3.63, 3.8) is 0 Å². The van der Waals surface area contributed by atoms with Crippen LogP contribution in [0.25, 0.3) is 0 Å². The van der Waals surface area contributed by atoms with E-state index < -0.39 is 17.7 Å². The minimum Gasteiger partial charge on any atom is -0.302 e. The highest BCUT2D eigenvalue weighted by Gasteiger charge is 2.31. The predicted octanol–water partition coefficient (Wildman–Crippen LogP) is 1.20. The minimum absolute atomic E-state index is 0.116. The van der Waals surface area contributed by atoms with Crippen LogP contribution in [0.5, 0.6) is 0 Å². The van der Waals surface area contributed by atoms with Gasteiger partial charge >= 0.3 is 0 Å². The Kier molecular flexibility index (Phi) is 3.90. The number of rotatable bonds is 3. The van der Waals surface area contributed by atoms with Crippen LogP contribution in [-0.2, 0) is 16.1 Å². The fraction of sp³-hybridized carbons (Fsp3) is 0.385. The van der Waals surface area contributed by atoms with Crippen LogP contribution in [0.3, 0.4) is 0 Å². The summed E-state index contributed by atoms with van der Waals surface area (Å²) in [5, 5.41) is 2.89. The molecule has 0 aromatic heterocycles. The maximum absolute atomic E-state index is 13.4. The van der Waals surface area contributed by atoms with Crippen molar-refractivity contribution < 1.29 is 18.4 Å². The number of imide groups is 1. The third-order valence-corrected chi connectivity index (χ3v) is 3.20. The van der Waals surface area contributed by atoms with E-state index in [9.17, 15) is 18.4 Å². The normalized spacial score (nSPS) is 19.9. The van der Waals surface area contributed by atoms with Crippen molar-refractivity contribution in [3.8, 4) is 0 Å². The first-order valence-electron chi connectivity index (χ1n) is 5.96. The van der Waals surface area contributed by atoms with Gasteiger partial charge in [0.15, 0.2) is 0 Å². The summed E-state index contributed by atoms with van der Waals surface area (Å²) in [6.45, 7) is 0.116. The monoisotopic (exact) mass is 268 g/mol. The number of carbonyl (C=O) groups excluding carboxylic acids is 2. The van der Waals surface area contributed by atoms with Crippen LogP contribution in [0.1, 0.15) is 18.4 Å². The van der Waals surface area contributed by atoms with E-state index in [1.807, 2.05) is 0 Å². The summed E-state index contributed by atoms with van der Waals surface area (Å²) in [5.41, 5.74) is 0.286. The van der Waals surface area contributed by atoms with E-state index >= 15 is 0 Å². The first-order valence-corrected chi connectivity index (χ1v) is 5.96. The Hall–Kier alpha value is -1.82. The summed E-state index contributed by atoms with van der Waals surface area (Å²) in [5.74, 6) is -1.82. The van der Waals surface area contributed by atoms with Gasteiger partial charge in [0.05, 0.1) is 6.04 Å². The molecular formula is C13H14F2N2O2. The maximum atomic E-state index is 13.4. The summed E-state index contributed by atoms with van der Waals surface area (Å²) in [6.07, 6.45) is 0.677. The number of hydrogen-bond acceptors (Lipinski definition) is 3. The number of carbonyl (C=O) groups is 2. The first-order chi connectivity index (χ1) is 8.99. The number of amides is 2. The number of nitrogens with one attached hydrogen (secondary N) is 1. The van der Waals surface area contributed by atoms with Gasteiger partial charge in [0, 0.05) is 31.6 Å². The molecule has 2 amide bonds. The Morgan fingerprint density at radius 1 is 1.37 bits per heavy atom. The number of likely N-dealkylation sites (N-methyl/N-ethyl adjacent to an activating group) is 1. The van der Waals surface area contributed by atoms with Crippen molar-refractivity contribution in [1.82, 2.24) is 10.2 Å². The molecule has 0 aliphatic carbocycles. The molecule has 0 bridgehead atoms. The SMILES string of the molecule is CN1C(=O)CCC(NCc2ccc(F)cc2F)C1=O. The molecule has 0 radical (unpaired) electrons. The molecule has 4 nitrogen and oxygen atoms in total. The number of piperidine rings is 1. The second-order valence-electron chi connectivity index (χ2n) is 4.50. The van der Waals surface area contributed by atoms with E-state index in [0.717, 1.165) is 11.0 Å². The second-order valence-corrected chi connectivity index (χ2v) is 4.50. The molecule has 1 aliphatic heterocycles. The Morgan fingerprint density at radius 2 is 2.11 bits per heavy atom. The molecule has 1 aromatic rings. The predicted molar refractivity (Wildman–Crippen MR) is 64.0 cm³/mol. The van der Waals surface area contributed by atoms with Crippen molar-refractivity contribution in [2.45, 2.75) is 25.4 Å². The van der Waals surface area contributed by atoms with E-state index in [-0.39, 0.29) is 30.3 Å². The van der Waals surface area contributed by atoms with Gasteiger partial charge in [0.25, 0.3) is 0 Å². The topological polar surface area (TPSA) is 49.4 Å². The number of likely N-dealkylation sites (tertiary alicyclic amines) is 1. The molecule has 0 saturated carbocycles. The lowest BCUT2D eigenvalue weighted by molar-refractivity contribution is -0.148. The van der Waals surface area contributed by atoms with Gasteiger partial charge in [0.1, 0.15) is 11.6 Å². The third-order valence-electron chi connectivity index (χ3n) is 3.20. The highest BCUT2D eigenvalue weighted by atomic mass is 19.1. The molecule has 102 valence electrons. The van der Waals surface area contributed by atoms with Gasteiger partial charge in [-0.05, 0) is 12.5 Å². The fourth-order valence-electron chi connectivity index (χ4n) is 2.00. The van der Waals surface area contributed by atoms with Crippen LogP contribution in [0.15, 0.2) is 18.2 Å². The van der Waals surface area contributed by atoms with Crippen LogP contribution >= 0.6 is 0 Å².